The number of rotatable bonds is 6. The van der Waals surface area contributed by atoms with Crippen molar-refractivity contribution in [1.82, 2.24) is 25.0 Å². The van der Waals surface area contributed by atoms with Crippen molar-refractivity contribution in [3.05, 3.63) is 32.5 Å². The van der Waals surface area contributed by atoms with Gasteiger partial charge in [-0.15, -0.1) is 11.3 Å². The highest BCUT2D eigenvalue weighted by atomic mass is 32.2. The molecule has 3 N–H and O–H groups in total. The summed E-state index contributed by atoms with van der Waals surface area (Å²) in [5.74, 6) is -0.698. The van der Waals surface area contributed by atoms with Crippen molar-refractivity contribution in [3.63, 3.8) is 0 Å². The molecule has 2 aromatic rings. The summed E-state index contributed by atoms with van der Waals surface area (Å²) >= 11 is 1.42. The number of carbonyl (C=O) groups is 1. The van der Waals surface area contributed by atoms with Crippen LogP contribution in [0.15, 0.2) is 16.4 Å². The molecule has 0 fully saturated rings. The standard InChI is InChI=1S/C12H15N5O4S2/c1-7-16-9(6-22-7)10-15-5-8(12(19)17-10)11(18)14-3-4-23(20,21)13-2/h5-6,13H,3-4H2,1-2H3,(H,14,18)(H,15,17,19). The highest BCUT2D eigenvalue weighted by molar-refractivity contribution is 7.89. The van der Waals surface area contributed by atoms with E-state index >= 15 is 0 Å². The van der Waals surface area contributed by atoms with Crippen molar-refractivity contribution in [3.8, 4) is 11.5 Å². The molecule has 0 aliphatic heterocycles. The molecule has 2 heterocycles. The molecular formula is C12H15N5O4S2. The molecule has 0 spiro atoms. The van der Waals surface area contributed by atoms with Crippen LogP contribution in [0.2, 0.25) is 0 Å². The largest absolute Gasteiger partial charge is 0.351 e. The Morgan fingerprint density at radius 1 is 1.43 bits per heavy atom. The van der Waals surface area contributed by atoms with Crippen molar-refractivity contribution < 1.29 is 13.2 Å². The molecule has 11 heteroatoms. The average molecular weight is 357 g/mol. The van der Waals surface area contributed by atoms with Crippen molar-refractivity contribution in [1.29, 1.82) is 0 Å². The Morgan fingerprint density at radius 3 is 2.74 bits per heavy atom. The van der Waals surface area contributed by atoms with Crippen LogP contribution < -0.4 is 15.6 Å². The van der Waals surface area contributed by atoms with Crippen molar-refractivity contribution >= 4 is 27.3 Å². The minimum absolute atomic E-state index is 0.117. The Kier molecular flexibility index (Phi) is 5.23. The molecule has 0 atom stereocenters. The molecule has 0 aliphatic carbocycles. The van der Waals surface area contributed by atoms with Crippen LogP contribution in [0.5, 0.6) is 0 Å². The minimum Gasteiger partial charge on any atom is -0.351 e. The number of aryl methyl sites for hydroxylation is 1. The lowest BCUT2D eigenvalue weighted by Crippen LogP contribution is -2.35. The Balaban J connectivity index is 2.09. The Morgan fingerprint density at radius 2 is 2.17 bits per heavy atom. The van der Waals surface area contributed by atoms with E-state index in [0.29, 0.717) is 5.69 Å². The summed E-state index contributed by atoms with van der Waals surface area (Å²) in [7, 11) is -2.14. The molecule has 1 amide bonds. The molecule has 23 heavy (non-hydrogen) atoms. The Hall–Kier alpha value is -2.11. The normalized spacial score (nSPS) is 11.4. The highest BCUT2D eigenvalue weighted by Crippen LogP contribution is 2.16. The van der Waals surface area contributed by atoms with Gasteiger partial charge in [0, 0.05) is 18.1 Å². The molecule has 0 unspecified atom stereocenters. The fraction of sp³-hybridized carbons (Fsp3) is 0.333. The third kappa shape index (κ3) is 4.43. The van der Waals surface area contributed by atoms with Gasteiger partial charge in [0.15, 0.2) is 5.82 Å². The van der Waals surface area contributed by atoms with E-state index < -0.39 is 21.5 Å². The zero-order valence-electron chi connectivity index (χ0n) is 12.4. The van der Waals surface area contributed by atoms with E-state index in [2.05, 4.69) is 25.0 Å². The number of H-pyrrole nitrogens is 1. The topological polar surface area (TPSA) is 134 Å². The summed E-state index contributed by atoms with van der Waals surface area (Å²) in [5.41, 5.74) is -0.283. The van der Waals surface area contributed by atoms with E-state index in [1.165, 1.54) is 18.4 Å². The van der Waals surface area contributed by atoms with E-state index in [4.69, 9.17) is 0 Å². The van der Waals surface area contributed by atoms with Crippen molar-refractivity contribution in [2.24, 2.45) is 0 Å². The van der Waals surface area contributed by atoms with Gasteiger partial charge in [-0.2, -0.15) is 0 Å². The fourth-order valence-corrected chi connectivity index (χ4v) is 2.83. The van der Waals surface area contributed by atoms with Crippen LogP contribution in [0.4, 0.5) is 0 Å². The lowest BCUT2D eigenvalue weighted by Gasteiger charge is -2.05. The molecule has 0 saturated heterocycles. The van der Waals surface area contributed by atoms with Crippen LogP contribution >= 0.6 is 11.3 Å². The van der Waals surface area contributed by atoms with Crippen LogP contribution in [0, 0.1) is 6.92 Å². The maximum absolute atomic E-state index is 12.0. The number of amides is 1. The SMILES string of the molecule is CNS(=O)(=O)CCNC(=O)c1cnc(-c2csc(C)n2)[nH]c1=O. The quantitative estimate of drug-likeness (QED) is 0.637. The van der Waals surface area contributed by atoms with E-state index in [0.717, 1.165) is 11.2 Å². The Labute approximate surface area is 136 Å². The number of hydrogen-bond donors (Lipinski definition) is 3. The number of aromatic amines is 1. The summed E-state index contributed by atoms with van der Waals surface area (Å²) in [6.07, 6.45) is 1.14. The molecule has 0 aromatic carbocycles. The number of nitrogens with one attached hydrogen (secondary N) is 3. The molecule has 0 saturated carbocycles. The zero-order chi connectivity index (χ0) is 17.0. The van der Waals surface area contributed by atoms with Crippen LogP contribution in [0.1, 0.15) is 15.4 Å². The average Bonchev–Trinajstić information content (AvgIpc) is 2.93. The van der Waals surface area contributed by atoms with Crippen LogP contribution in [-0.2, 0) is 10.0 Å². The Bertz CT molecular complexity index is 872. The number of hydrogen-bond acceptors (Lipinski definition) is 7. The summed E-state index contributed by atoms with van der Waals surface area (Å²) in [6, 6.07) is 0. The first-order chi connectivity index (χ1) is 10.8. The maximum atomic E-state index is 12.0. The first-order valence-electron chi connectivity index (χ1n) is 6.53. The van der Waals surface area contributed by atoms with Gasteiger partial charge < -0.3 is 10.3 Å². The fourth-order valence-electron chi connectivity index (χ4n) is 1.66. The van der Waals surface area contributed by atoms with Crippen molar-refractivity contribution in [2.45, 2.75) is 6.92 Å². The number of sulfonamides is 1. The first-order valence-corrected chi connectivity index (χ1v) is 9.07. The summed E-state index contributed by atoms with van der Waals surface area (Å²) < 4.78 is 24.6. The smallest absolute Gasteiger partial charge is 0.264 e. The molecule has 2 aromatic heterocycles. The predicted molar refractivity (Wildman–Crippen MR) is 85.9 cm³/mol. The molecule has 0 bridgehead atoms. The molecule has 0 radical (unpaired) electrons. The lowest BCUT2D eigenvalue weighted by molar-refractivity contribution is 0.0954. The second-order valence-corrected chi connectivity index (χ2v) is 7.61. The van der Waals surface area contributed by atoms with Gasteiger partial charge in [-0.3, -0.25) is 9.59 Å². The number of carbonyl (C=O) groups excluding carboxylic acids is 1. The van der Waals surface area contributed by atoms with E-state index in [-0.39, 0.29) is 23.7 Å². The van der Waals surface area contributed by atoms with Crippen LogP contribution in [0.3, 0.4) is 0 Å². The van der Waals surface area contributed by atoms with Gasteiger partial charge in [-0.1, -0.05) is 0 Å². The minimum atomic E-state index is -3.42. The zero-order valence-corrected chi connectivity index (χ0v) is 14.0. The maximum Gasteiger partial charge on any atom is 0.264 e. The summed E-state index contributed by atoms with van der Waals surface area (Å²) in [6.45, 7) is 1.71. The van der Waals surface area contributed by atoms with Gasteiger partial charge in [-0.25, -0.2) is 23.1 Å². The van der Waals surface area contributed by atoms with E-state index in [9.17, 15) is 18.0 Å². The van der Waals surface area contributed by atoms with Crippen molar-refractivity contribution in [2.75, 3.05) is 19.3 Å². The third-order valence-electron chi connectivity index (χ3n) is 2.87. The van der Waals surface area contributed by atoms with Gasteiger partial charge >= 0.3 is 0 Å². The molecule has 0 aliphatic rings. The van der Waals surface area contributed by atoms with Gasteiger partial charge in [-0.05, 0) is 14.0 Å². The van der Waals surface area contributed by atoms with Crippen LogP contribution in [-0.4, -0.2) is 48.6 Å². The highest BCUT2D eigenvalue weighted by Gasteiger charge is 2.14. The lowest BCUT2D eigenvalue weighted by atomic mass is 10.3. The first kappa shape index (κ1) is 17.2. The van der Waals surface area contributed by atoms with Gasteiger partial charge in [0.05, 0.1) is 10.8 Å². The van der Waals surface area contributed by atoms with Gasteiger partial charge in [0.2, 0.25) is 10.0 Å². The molecule has 9 nitrogen and oxygen atoms in total. The summed E-state index contributed by atoms with van der Waals surface area (Å²) in [5, 5.41) is 4.94. The third-order valence-corrected chi connectivity index (χ3v) is 5.01. The number of thiazole rings is 1. The molecule has 124 valence electrons. The second-order valence-electron chi connectivity index (χ2n) is 4.51. The van der Waals surface area contributed by atoms with Crippen LogP contribution in [0.25, 0.3) is 11.5 Å². The summed E-state index contributed by atoms with van der Waals surface area (Å²) in [4.78, 5) is 34.6. The predicted octanol–water partition coefficient (Wildman–Crippen LogP) is -0.519. The number of nitrogens with zero attached hydrogens (tertiary/aromatic N) is 2. The van der Waals surface area contributed by atoms with Gasteiger partial charge in [0.25, 0.3) is 11.5 Å². The monoisotopic (exact) mass is 357 g/mol. The van der Waals surface area contributed by atoms with E-state index in [1.807, 2.05) is 6.92 Å². The number of aromatic nitrogens is 3. The second kappa shape index (κ2) is 6.98. The molecule has 2 rings (SSSR count). The van der Waals surface area contributed by atoms with E-state index in [1.54, 1.807) is 5.38 Å². The van der Waals surface area contributed by atoms with Gasteiger partial charge in [0.1, 0.15) is 11.3 Å². The molecular weight excluding hydrogens is 342 g/mol.